The molecule has 3 fully saturated rings. The van der Waals surface area contributed by atoms with Crippen LogP contribution in [0, 0.1) is 18.3 Å². The molecular weight excluding hydrogens is 943 g/mol. The zero-order valence-electron chi connectivity index (χ0n) is 40.9. The normalized spacial score (nSPS) is 18.4. The zero-order valence-corrected chi connectivity index (χ0v) is 41.7. The average Bonchev–Trinajstić information content (AvgIpc) is 3.70. The fraction of sp³-hybridized carbons (Fsp3) is 0.357. The molecule has 2 saturated heterocycles. The lowest BCUT2D eigenvalue weighted by atomic mass is 9.89. The van der Waals surface area contributed by atoms with E-state index in [0.29, 0.717) is 83.9 Å². The topological polar surface area (TPSA) is 201 Å². The molecule has 0 bridgehead atoms. The number of carbonyl (C=O) groups is 5. The van der Waals surface area contributed by atoms with E-state index in [1.54, 1.807) is 4.68 Å². The molecule has 3 aromatic heterocycles. The van der Waals surface area contributed by atoms with Gasteiger partial charge in [-0.1, -0.05) is 47.7 Å². The number of carboxylic acids is 1. The molecule has 73 heavy (non-hydrogen) atoms. The number of pyridine rings is 1. The van der Waals surface area contributed by atoms with Crippen LogP contribution in [-0.4, -0.2) is 92.1 Å². The maximum absolute atomic E-state index is 13.6. The number of amides is 4. The predicted octanol–water partition coefficient (Wildman–Crippen LogP) is 8.88. The van der Waals surface area contributed by atoms with Crippen LogP contribution >= 0.6 is 11.3 Å². The number of imide groups is 1. The highest BCUT2D eigenvalue weighted by atomic mass is 32.1. The Hall–Kier alpha value is -7.50. The number of ether oxygens (including phenoxy) is 1. The van der Waals surface area contributed by atoms with Gasteiger partial charge in [0, 0.05) is 48.8 Å². The summed E-state index contributed by atoms with van der Waals surface area (Å²) >= 11 is 1.43. The van der Waals surface area contributed by atoms with Crippen molar-refractivity contribution in [3.05, 3.63) is 125 Å². The number of fused-ring (bicyclic) bond motifs is 3. The Bertz CT molecular complexity index is 3310. The average molecular weight is 1000 g/mol. The number of nitrogens with zero attached hydrogens (tertiary/aromatic N) is 6. The minimum absolute atomic E-state index is 0.0403. The summed E-state index contributed by atoms with van der Waals surface area (Å²) in [7, 11) is 1.82. The molecule has 7 aromatic rings. The molecule has 16 nitrogen and oxygen atoms in total. The molecule has 1 saturated carbocycles. The second-order valence-electron chi connectivity index (χ2n) is 20.0. The van der Waals surface area contributed by atoms with E-state index in [2.05, 4.69) is 30.9 Å². The Labute approximate surface area is 426 Å². The molecule has 4 N–H and O–H groups in total. The Morgan fingerprint density at radius 1 is 0.904 bits per heavy atom. The summed E-state index contributed by atoms with van der Waals surface area (Å²) in [6, 6.07) is 28.6. The monoisotopic (exact) mass is 999 g/mol. The van der Waals surface area contributed by atoms with Gasteiger partial charge < -0.3 is 20.1 Å². The molecule has 11 rings (SSSR count). The molecule has 4 aliphatic rings. The summed E-state index contributed by atoms with van der Waals surface area (Å²) in [5.41, 5.74) is 7.94. The number of rotatable bonds is 15. The summed E-state index contributed by atoms with van der Waals surface area (Å²) in [4.78, 5) is 77.5. The summed E-state index contributed by atoms with van der Waals surface area (Å²) in [6.07, 6.45) is 7.90. The number of aryl methyl sites for hydroxylation is 1. The Kier molecular flexibility index (Phi) is 13.0. The van der Waals surface area contributed by atoms with Gasteiger partial charge in [-0.25, -0.2) is 14.8 Å². The third-order valence-corrected chi connectivity index (χ3v) is 16.5. The van der Waals surface area contributed by atoms with Crippen LogP contribution < -0.4 is 25.6 Å². The van der Waals surface area contributed by atoms with Crippen molar-refractivity contribution in [2.75, 3.05) is 48.3 Å². The second-order valence-corrected chi connectivity index (χ2v) is 21.1. The van der Waals surface area contributed by atoms with Gasteiger partial charge in [-0.15, -0.1) is 0 Å². The van der Waals surface area contributed by atoms with Gasteiger partial charge >= 0.3 is 5.97 Å². The highest BCUT2D eigenvalue weighted by Crippen LogP contribution is 2.61. The van der Waals surface area contributed by atoms with Crippen LogP contribution in [0.1, 0.15) is 101 Å². The largest absolute Gasteiger partial charge is 0.493 e. The first-order chi connectivity index (χ1) is 35.4. The zero-order chi connectivity index (χ0) is 50.4. The van der Waals surface area contributed by atoms with Gasteiger partial charge in [-0.3, -0.25) is 39.4 Å². The van der Waals surface area contributed by atoms with E-state index < -0.39 is 11.9 Å². The first-order valence-electron chi connectivity index (χ1n) is 25.2. The first kappa shape index (κ1) is 47.8. The van der Waals surface area contributed by atoms with Gasteiger partial charge in [0.15, 0.2) is 10.8 Å². The van der Waals surface area contributed by atoms with Crippen LogP contribution in [0.25, 0.3) is 32.2 Å². The molecule has 1 unspecified atom stereocenters. The van der Waals surface area contributed by atoms with E-state index in [0.717, 1.165) is 94.3 Å². The summed E-state index contributed by atoms with van der Waals surface area (Å²) in [5, 5.41) is 24.9. The third kappa shape index (κ3) is 9.78. The number of para-hydroxylation sites is 1. The molecule has 1 aliphatic carbocycles. The van der Waals surface area contributed by atoms with Crippen LogP contribution in [0.4, 0.5) is 16.6 Å². The molecular formula is C56H57N9O7S. The van der Waals surface area contributed by atoms with Gasteiger partial charge in [0.2, 0.25) is 17.7 Å². The lowest BCUT2D eigenvalue weighted by Gasteiger charge is -2.32. The Morgan fingerprint density at radius 3 is 2.56 bits per heavy atom. The van der Waals surface area contributed by atoms with Gasteiger partial charge in [0.25, 0.3) is 5.91 Å². The van der Waals surface area contributed by atoms with Gasteiger partial charge in [-0.2, -0.15) is 5.10 Å². The number of likely N-dealkylation sites (tertiary alicyclic amines) is 1. The van der Waals surface area contributed by atoms with Crippen molar-refractivity contribution < 1.29 is 33.8 Å². The van der Waals surface area contributed by atoms with E-state index in [4.69, 9.17) is 9.72 Å². The van der Waals surface area contributed by atoms with Gasteiger partial charge in [-0.05, 0) is 160 Å². The lowest BCUT2D eigenvalue weighted by molar-refractivity contribution is -0.134. The standard InChI is InChI=1S/C56H57N9O7S/c1-33-37(38-18-20-47(59-51(38)54(70)71)65-25-22-34-9-7-12-39(42(34)31-65)52(68)61-55-58-43-13-3-4-15-46(43)73-55)11-8-14-45(33)72-28-6-5-10-35-30-56(35)23-26-64(27-24-56)32-49(67)57-36-16-17-40-44(29-36)63(2)62-50(40)41-19-21-48(66)60-53(41)69/h3-4,7-9,11-18,20,29,35,41H,5-6,10,19,21-28,30-32H2,1-2H3,(H,57,67)(H,70,71)(H,58,61,68)(H,60,66,69)/t35-,41?/m0/s1. The van der Waals surface area contributed by atoms with Crippen LogP contribution in [0.3, 0.4) is 0 Å². The predicted molar refractivity (Wildman–Crippen MR) is 280 cm³/mol. The fourth-order valence-corrected chi connectivity index (χ4v) is 12.3. The molecule has 374 valence electrons. The summed E-state index contributed by atoms with van der Waals surface area (Å²) in [5.74, 6) is -0.543. The van der Waals surface area contributed by atoms with E-state index in [1.807, 2.05) is 110 Å². The minimum Gasteiger partial charge on any atom is -0.493 e. The molecule has 1 spiro atoms. The maximum Gasteiger partial charge on any atom is 0.355 e. The molecule has 2 atom stereocenters. The van der Waals surface area contributed by atoms with E-state index in [-0.39, 0.29) is 35.7 Å². The SMILES string of the molecule is Cc1c(OCCCC[C@H]2CC23CCN(CC(=O)Nc2ccc4c(C5CCC(=O)NC5=O)nn(C)c4c2)CC3)cccc1-c1ccc(N2CCc3cccc(C(=O)Nc4nc5ccccc5s4)c3C2)nc1C(=O)O. The van der Waals surface area contributed by atoms with Crippen LogP contribution in [0.15, 0.2) is 91.0 Å². The molecule has 0 radical (unpaired) electrons. The number of carboxylic acid groups (broad SMARTS) is 1. The number of anilines is 3. The number of hydrogen-bond donors (Lipinski definition) is 4. The molecule has 4 amide bonds. The highest BCUT2D eigenvalue weighted by molar-refractivity contribution is 7.22. The quantitative estimate of drug-likeness (QED) is 0.0563. The lowest BCUT2D eigenvalue weighted by Crippen LogP contribution is -2.40. The number of aromatic nitrogens is 4. The number of carbonyl (C=O) groups excluding carboxylic acids is 4. The van der Waals surface area contributed by atoms with E-state index >= 15 is 0 Å². The number of thiazole rings is 1. The van der Waals surface area contributed by atoms with Crippen molar-refractivity contribution in [1.82, 2.24) is 30.0 Å². The smallest absolute Gasteiger partial charge is 0.355 e. The molecule has 17 heteroatoms. The highest BCUT2D eigenvalue weighted by Gasteiger charge is 2.53. The van der Waals surface area contributed by atoms with Crippen LogP contribution in [0.2, 0.25) is 0 Å². The summed E-state index contributed by atoms with van der Waals surface area (Å²) in [6.45, 7) is 5.65. The third-order valence-electron chi connectivity index (χ3n) is 15.5. The van der Waals surface area contributed by atoms with Crippen molar-refractivity contribution in [3.8, 4) is 16.9 Å². The van der Waals surface area contributed by atoms with Crippen LogP contribution in [-0.2, 0) is 34.4 Å². The minimum atomic E-state index is -1.12. The van der Waals surface area contributed by atoms with Crippen molar-refractivity contribution in [1.29, 1.82) is 0 Å². The fourth-order valence-electron chi connectivity index (χ4n) is 11.4. The van der Waals surface area contributed by atoms with Gasteiger partial charge in [0.1, 0.15) is 11.6 Å². The van der Waals surface area contributed by atoms with Gasteiger partial charge in [0.05, 0.1) is 40.5 Å². The van der Waals surface area contributed by atoms with Crippen molar-refractivity contribution >= 4 is 78.7 Å². The molecule has 4 aromatic carbocycles. The first-order valence-corrected chi connectivity index (χ1v) is 26.0. The number of nitrogens with one attached hydrogen (secondary N) is 3. The van der Waals surface area contributed by atoms with Crippen molar-refractivity contribution in [2.24, 2.45) is 18.4 Å². The van der Waals surface area contributed by atoms with E-state index in [1.165, 1.54) is 17.8 Å². The second kappa shape index (κ2) is 19.8. The Morgan fingerprint density at radius 2 is 1.74 bits per heavy atom. The molecule has 6 heterocycles. The van der Waals surface area contributed by atoms with E-state index in [9.17, 15) is 29.1 Å². The number of hydrogen-bond acceptors (Lipinski definition) is 12. The number of unbranched alkanes of at least 4 members (excludes halogenated alkanes) is 1. The number of piperidine rings is 2. The maximum atomic E-state index is 13.6. The number of benzene rings is 4. The number of aromatic carboxylic acids is 1. The van der Waals surface area contributed by atoms with Crippen molar-refractivity contribution in [2.45, 2.75) is 77.2 Å². The Balaban J connectivity index is 0.646. The summed E-state index contributed by atoms with van der Waals surface area (Å²) < 4.78 is 9.05. The van der Waals surface area contributed by atoms with Crippen molar-refractivity contribution in [3.63, 3.8) is 0 Å². The molecule has 3 aliphatic heterocycles. The van der Waals surface area contributed by atoms with Crippen LogP contribution in [0.5, 0.6) is 5.75 Å².